The molecule has 5 heteroatoms. The molecule has 0 heterocycles. The van der Waals surface area contributed by atoms with Gasteiger partial charge in [0.15, 0.2) is 0 Å². The number of hydrogen-bond acceptors (Lipinski definition) is 2. The fourth-order valence-corrected chi connectivity index (χ4v) is 1.17. The molecule has 0 spiro atoms. The van der Waals surface area contributed by atoms with E-state index in [1.807, 2.05) is 0 Å². The molecule has 4 nitrogen and oxygen atoms in total. The van der Waals surface area contributed by atoms with E-state index < -0.39 is 10.3 Å². The summed E-state index contributed by atoms with van der Waals surface area (Å²) in [5, 5.41) is 0. The summed E-state index contributed by atoms with van der Waals surface area (Å²) >= 11 is 0. The van der Waals surface area contributed by atoms with Gasteiger partial charge >= 0.3 is 10.3 Å². The second-order valence-corrected chi connectivity index (χ2v) is 2.91. The van der Waals surface area contributed by atoms with E-state index in [1.165, 1.54) is 0 Å². The second kappa shape index (κ2) is 3.14. The van der Waals surface area contributed by atoms with Crippen LogP contribution in [0.2, 0.25) is 0 Å². The Labute approximate surface area is 55.4 Å². The van der Waals surface area contributed by atoms with Gasteiger partial charge in [0.25, 0.3) is 0 Å². The Balaban J connectivity index is 4.14. The van der Waals surface area contributed by atoms with E-state index in [0.717, 1.165) is 4.31 Å². The molecule has 0 saturated carbocycles. The molecule has 0 fully saturated rings. The van der Waals surface area contributed by atoms with E-state index in [-0.39, 0.29) is 13.1 Å². The largest absolute Gasteiger partial charge is 0.365 e. The zero-order valence-corrected chi connectivity index (χ0v) is 6.31. The molecule has 1 radical (unpaired) electrons. The van der Waals surface area contributed by atoms with Crippen molar-refractivity contribution < 1.29 is 13.0 Å². The van der Waals surface area contributed by atoms with Crippen LogP contribution in [0.15, 0.2) is 0 Å². The lowest BCUT2D eigenvalue weighted by Crippen LogP contribution is -2.28. The SMILES string of the molecule is CCN(CC)S([O])(=O)=O. The van der Waals surface area contributed by atoms with Crippen LogP contribution in [-0.2, 0) is 14.9 Å². The molecule has 0 unspecified atom stereocenters. The van der Waals surface area contributed by atoms with Gasteiger partial charge in [0.05, 0.1) is 0 Å². The van der Waals surface area contributed by atoms with Crippen LogP contribution < -0.4 is 0 Å². The van der Waals surface area contributed by atoms with Crippen molar-refractivity contribution in [3.63, 3.8) is 0 Å². The maximum atomic E-state index is 10.2. The van der Waals surface area contributed by atoms with Crippen LogP contribution >= 0.6 is 0 Å². The molecule has 0 N–H and O–H groups in total. The van der Waals surface area contributed by atoms with Crippen molar-refractivity contribution in [3.05, 3.63) is 0 Å². The van der Waals surface area contributed by atoms with E-state index in [4.69, 9.17) is 0 Å². The maximum Gasteiger partial charge on any atom is 0.365 e. The first-order valence-electron chi connectivity index (χ1n) is 2.73. The zero-order chi connectivity index (χ0) is 7.49. The molecule has 9 heavy (non-hydrogen) atoms. The van der Waals surface area contributed by atoms with Crippen molar-refractivity contribution in [1.29, 1.82) is 0 Å². The predicted molar refractivity (Wildman–Crippen MR) is 32.5 cm³/mol. The Morgan fingerprint density at radius 3 is 1.56 bits per heavy atom. The van der Waals surface area contributed by atoms with Crippen molar-refractivity contribution >= 4 is 10.3 Å². The Morgan fingerprint density at radius 2 is 1.56 bits per heavy atom. The summed E-state index contributed by atoms with van der Waals surface area (Å²) in [6, 6.07) is 0. The number of hydrogen-bond donors (Lipinski definition) is 0. The van der Waals surface area contributed by atoms with Crippen molar-refractivity contribution in [3.8, 4) is 0 Å². The molecule has 0 aliphatic rings. The Hall–Kier alpha value is -0.130. The first-order chi connectivity index (χ1) is 4.02. The van der Waals surface area contributed by atoms with Crippen LogP contribution in [0.5, 0.6) is 0 Å². The smallest absolute Gasteiger partial charge is 0.179 e. The van der Waals surface area contributed by atoms with E-state index >= 15 is 0 Å². The van der Waals surface area contributed by atoms with Crippen molar-refractivity contribution in [2.24, 2.45) is 0 Å². The molecule has 0 amide bonds. The van der Waals surface area contributed by atoms with Crippen LogP contribution in [0.4, 0.5) is 0 Å². The molecule has 0 aromatic rings. The number of rotatable bonds is 3. The molecular formula is C4H10NO3S. The van der Waals surface area contributed by atoms with E-state index in [2.05, 4.69) is 0 Å². The molecule has 0 aromatic carbocycles. The zero-order valence-electron chi connectivity index (χ0n) is 5.49. The molecule has 0 aliphatic carbocycles. The quantitative estimate of drug-likeness (QED) is 0.571. The van der Waals surface area contributed by atoms with Gasteiger partial charge in [-0.1, -0.05) is 18.4 Å². The summed E-state index contributed by atoms with van der Waals surface area (Å²) in [7, 11) is -4.18. The molecule has 0 aromatic heterocycles. The third kappa shape index (κ3) is 2.78. The van der Waals surface area contributed by atoms with Crippen LogP contribution in [0, 0.1) is 0 Å². The van der Waals surface area contributed by atoms with Gasteiger partial charge in [-0.2, -0.15) is 12.7 Å². The predicted octanol–water partition coefficient (Wildman–Crippen LogP) is 0.00350. The summed E-state index contributed by atoms with van der Waals surface area (Å²) in [5.74, 6) is 0. The van der Waals surface area contributed by atoms with Gasteiger partial charge in [0.2, 0.25) is 0 Å². The summed E-state index contributed by atoms with van der Waals surface area (Å²) in [6.45, 7) is 3.75. The molecule has 0 bridgehead atoms. The Bertz CT molecular complexity index is 159. The lowest BCUT2D eigenvalue weighted by atomic mass is 10.7. The Morgan fingerprint density at radius 1 is 1.22 bits per heavy atom. The normalized spacial score (nSPS) is 12.4. The summed E-state index contributed by atoms with van der Waals surface area (Å²) in [6.07, 6.45) is 0. The summed E-state index contributed by atoms with van der Waals surface area (Å²) in [4.78, 5) is 0. The highest BCUT2D eigenvalue weighted by atomic mass is 32.2. The molecular weight excluding hydrogens is 142 g/mol. The summed E-state index contributed by atoms with van der Waals surface area (Å²) in [5.41, 5.74) is 0. The van der Waals surface area contributed by atoms with Gasteiger partial charge in [0, 0.05) is 13.1 Å². The van der Waals surface area contributed by atoms with Crippen LogP contribution in [0.1, 0.15) is 13.8 Å². The van der Waals surface area contributed by atoms with E-state index in [0.29, 0.717) is 0 Å². The van der Waals surface area contributed by atoms with Crippen LogP contribution in [-0.4, -0.2) is 25.8 Å². The van der Waals surface area contributed by atoms with Gasteiger partial charge in [-0.05, 0) is 0 Å². The molecule has 0 atom stereocenters. The fraction of sp³-hybridized carbons (Fsp3) is 1.00. The third-order valence-corrected chi connectivity index (χ3v) is 2.17. The van der Waals surface area contributed by atoms with Crippen molar-refractivity contribution in [2.45, 2.75) is 13.8 Å². The van der Waals surface area contributed by atoms with E-state index in [1.54, 1.807) is 13.8 Å². The van der Waals surface area contributed by atoms with Gasteiger partial charge < -0.3 is 0 Å². The first kappa shape index (κ1) is 8.87. The van der Waals surface area contributed by atoms with Crippen molar-refractivity contribution in [1.82, 2.24) is 4.31 Å². The standard InChI is InChI=1S/C4H10NO3S/c1-3-5(4-2)9(6,7)8/h3-4H2,1-2H3. The monoisotopic (exact) mass is 152 g/mol. The topological polar surface area (TPSA) is 57.3 Å². The van der Waals surface area contributed by atoms with Crippen LogP contribution in [0.3, 0.4) is 0 Å². The Kier molecular flexibility index (Phi) is 3.10. The average molecular weight is 152 g/mol. The summed E-state index contributed by atoms with van der Waals surface area (Å²) < 4.78 is 31.3. The van der Waals surface area contributed by atoms with Gasteiger partial charge in [-0.25, -0.2) is 0 Å². The highest BCUT2D eigenvalue weighted by Gasteiger charge is 2.14. The number of nitrogens with zero attached hydrogens (tertiary/aromatic N) is 1. The van der Waals surface area contributed by atoms with E-state index in [9.17, 15) is 13.0 Å². The molecule has 55 valence electrons. The average Bonchev–Trinajstić information content (AvgIpc) is 1.65. The lowest BCUT2D eigenvalue weighted by Gasteiger charge is -2.10. The first-order valence-corrected chi connectivity index (χ1v) is 4.09. The maximum absolute atomic E-state index is 10.2. The highest BCUT2D eigenvalue weighted by molar-refractivity contribution is 7.83. The minimum absolute atomic E-state index is 0.252. The van der Waals surface area contributed by atoms with Gasteiger partial charge in [0.1, 0.15) is 0 Å². The van der Waals surface area contributed by atoms with Gasteiger partial charge in [-0.15, -0.1) is 0 Å². The minimum atomic E-state index is -4.18. The van der Waals surface area contributed by atoms with Crippen LogP contribution in [0.25, 0.3) is 0 Å². The fourth-order valence-electron chi connectivity index (χ4n) is 0.540. The molecule has 0 saturated heterocycles. The van der Waals surface area contributed by atoms with Gasteiger partial charge in [-0.3, -0.25) is 0 Å². The minimum Gasteiger partial charge on any atom is -0.179 e. The highest BCUT2D eigenvalue weighted by Crippen LogP contribution is 1.94. The molecule has 0 rings (SSSR count). The van der Waals surface area contributed by atoms with Crippen molar-refractivity contribution in [2.75, 3.05) is 13.1 Å². The second-order valence-electron chi connectivity index (χ2n) is 1.54. The molecule has 0 aliphatic heterocycles. The lowest BCUT2D eigenvalue weighted by molar-refractivity contribution is 0.330. The third-order valence-electron chi connectivity index (χ3n) is 1.02.